The summed E-state index contributed by atoms with van der Waals surface area (Å²) in [6, 6.07) is 6.54. The summed E-state index contributed by atoms with van der Waals surface area (Å²) in [5, 5.41) is 4.24. The van der Waals surface area contributed by atoms with Gasteiger partial charge in [0.25, 0.3) is 0 Å². The number of hydrogen-bond acceptors (Lipinski definition) is 4. The normalized spacial score (nSPS) is 10.7. The first-order valence-corrected chi connectivity index (χ1v) is 8.43. The van der Waals surface area contributed by atoms with Gasteiger partial charge in [-0.25, -0.2) is 9.97 Å². The van der Waals surface area contributed by atoms with Crippen LogP contribution in [-0.2, 0) is 0 Å². The first kappa shape index (κ1) is 14.1. The number of benzene rings is 1. The Morgan fingerprint density at radius 1 is 1.24 bits per heavy atom. The van der Waals surface area contributed by atoms with Crippen molar-refractivity contribution in [1.29, 1.82) is 0 Å². The molecule has 0 radical (unpaired) electrons. The minimum absolute atomic E-state index is 0.619. The molecule has 1 aromatic carbocycles. The van der Waals surface area contributed by atoms with Crippen molar-refractivity contribution in [2.24, 2.45) is 0 Å². The van der Waals surface area contributed by atoms with E-state index >= 15 is 0 Å². The lowest BCUT2D eigenvalue weighted by Gasteiger charge is -2.06. The van der Waals surface area contributed by atoms with Gasteiger partial charge in [-0.15, -0.1) is 17.8 Å². The Kier molecular flexibility index (Phi) is 3.96. The van der Waals surface area contributed by atoms with Crippen LogP contribution in [0.1, 0.15) is 11.1 Å². The molecule has 0 N–H and O–H groups in total. The fraction of sp³-hybridized carbons (Fsp3) is 0.176. The van der Waals surface area contributed by atoms with Gasteiger partial charge >= 0.3 is 0 Å². The second-order valence-corrected chi connectivity index (χ2v) is 6.62. The number of nitrogens with zero attached hydrogens (tertiary/aromatic N) is 2. The molecular weight excluding hydrogens is 296 g/mol. The number of fused-ring (bicyclic) bond motifs is 1. The Balaban J connectivity index is 2.18. The zero-order valence-corrected chi connectivity index (χ0v) is 13.5. The summed E-state index contributed by atoms with van der Waals surface area (Å²) in [5.41, 5.74) is 5.00. The molecular formula is C17H14N2S2. The maximum absolute atomic E-state index is 5.37. The molecule has 2 nitrogen and oxygen atoms in total. The molecule has 4 heteroatoms. The van der Waals surface area contributed by atoms with Crippen LogP contribution in [0.25, 0.3) is 21.3 Å². The van der Waals surface area contributed by atoms with Gasteiger partial charge in [0.15, 0.2) is 0 Å². The summed E-state index contributed by atoms with van der Waals surface area (Å²) < 4.78 is 0. The van der Waals surface area contributed by atoms with E-state index in [9.17, 15) is 0 Å². The lowest BCUT2D eigenvalue weighted by Crippen LogP contribution is -1.87. The molecule has 0 aliphatic rings. The Bertz CT molecular complexity index is 844. The van der Waals surface area contributed by atoms with E-state index in [1.165, 1.54) is 22.3 Å². The van der Waals surface area contributed by atoms with E-state index in [4.69, 9.17) is 6.42 Å². The van der Waals surface area contributed by atoms with Crippen molar-refractivity contribution >= 4 is 33.3 Å². The number of thioether (sulfide) groups is 1. The van der Waals surface area contributed by atoms with Gasteiger partial charge in [0.2, 0.25) is 0 Å². The highest BCUT2D eigenvalue weighted by atomic mass is 32.2. The van der Waals surface area contributed by atoms with E-state index in [-0.39, 0.29) is 0 Å². The van der Waals surface area contributed by atoms with Crippen LogP contribution in [0.3, 0.4) is 0 Å². The zero-order chi connectivity index (χ0) is 14.8. The average Bonchev–Trinajstić information content (AvgIpc) is 2.92. The van der Waals surface area contributed by atoms with Gasteiger partial charge in [0.05, 0.1) is 11.1 Å². The predicted octanol–water partition coefficient (Wildman–Crippen LogP) is 4.70. The molecule has 104 valence electrons. The highest BCUT2D eigenvalue weighted by Crippen LogP contribution is 2.38. The highest BCUT2D eigenvalue weighted by molar-refractivity contribution is 7.99. The van der Waals surface area contributed by atoms with E-state index in [1.807, 2.05) is 0 Å². The number of terminal acetylenes is 1. The molecule has 0 spiro atoms. The molecule has 0 bridgehead atoms. The molecule has 0 unspecified atom stereocenters. The fourth-order valence-corrected chi connectivity index (χ4v) is 3.86. The number of hydrogen-bond donors (Lipinski definition) is 0. The summed E-state index contributed by atoms with van der Waals surface area (Å²) in [5.74, 6) is 3.27. The maximum Gasteiger partial charge on any atom is 0.128 e. The molecule has 21 heavy (non-hydrogen) atoms. The van der Waals surface area contributed by atoms with Crippen LogP contribution in [0.2, 0.25) is 0 Å². The standard InChI is InChI=1S/C17H14N2S2/c1-4-7-20-16-15-14(9-21-17(15)19-10-18-16)13-6-5-11(2)12(3)8-13/h1,5-6,8-10H,7H2,2-3H3. The van der Waals surface area contributed by atoms with Crippen LogP contribution < -0.4 is 0 Å². The van der Waals surface area contributed by atoms with E-state index in [1.54, 1.807) is 29.4 Å². The van der Waals surface area contributed by atoms with Crippen LogP contribution in [0.15, 0.2) is 34.9 Å². The number of aryl methyl sites for hydroxylation is 2. The predicted molar refractivity (Wildman–Crippen MR) is 91.9 cm³/mol. The van der Waals surface area contributed by atoms with Crippen molar-refractivity contribution in [3.8, 4) is 23.5 Å². The highest BCUT2D eigenvalue weighted by Gasteiger charge is 2.13. The van der Waals surface area contributed by atoms with Gasteiger partial charge in [0, 0.05) is 10.9 Å². The fourth-order valence-electron chi connectivity index (χ4n) is 2.19. The summed E-state index contributed by atoms with van der Waals surface area (Å²) in [6.07, 6.45) is 6.98. The first-order valence-electron chi connectivity index (χ1n) is 6.57. The topological polar surface area (TPSA) is 25.8 Å². The quantitative estimate of drug-likeness (QED) is 0.398. The van der Waals surface area contributed by atoms with E-state index in [2.05, 4.69) is 53.3 Å². The Hall–Kier alpha value is -1.83. The Morgan fingerprint density at radius 2 is 2.10 bits per heavy atom. The Morgan fingerprint density at radius 3 is 2.86 bits per heavy atom. The summed E-state index contributed by atoms with van der Waals surface area (Å²) >= 11 is 3.24. The molecule has 0 atom stereocenters. The number of thiophene rings is 1. The lowest BCUT2D eigenvalue weighted by atomic mass is 10.0. The van der Waals surface area contributed by atoms with Crippen molar-refractivity contribution in [2.45, 2.75) is 18.9 Å². The van der Waals surface area contributed by atoms with Crippen LogP contribution in [0, 0.1) is 26.2 Å². The molecule has 0 saturated carbocycles. The molecule has 0 amide bonds. The van der Waals surface area contributed by atoms with Crippen molar-refractivity contribution in [2.75, 3.05) is 5.75 Å². The van der Waals surface area contributed by atoms with E-state index < -0.39 is 0 Å². The minimum Gasteiger partial charge on any atom is -0.229 e. The van der Waals surface area contributed by atoms with Gasteiger partial charge < -0.3 is 0 Å². The third-order valence-corrected chi connectivity index (χ3v) is 5.23. The summed E-state index contributed by atoms with van der Waals surface area (Å²) in [7, 11) is 0. The van der Waals surface area contributed by atoms with E-state index in [0.29, 0.717) is 5.75 Å². The average molecular weight is 310 g/mol. The van der Waals surface area contributed by atoms with Crippen LogP contribution in [0.5, 0.6) is 0 Å². The Labute approximate surface area is 132 Å². The molecule has 0 saturated heterocycles. The van der Waals surface area contributed by atoms with Gasteiger partial charge in [-0.1, -0.05) is 35.9 Å². The largest absolute Gasteiger partial charge is 0.229 e. The monoisotopic (exact) mass is 310 g/mol. The van der Waals surface area contributed by atoms with Gasteiger partial charge in [-0.3, -0.25) is 0 Å². The SMILES string of the molecule is C#CCSc1ncnc2scc(-c3ccc(C)c(C)c3)c12. The maximum atomic E-state index is 5.37. The first-order chi connectivity index (χ1) is 10.2. The zero-order valence-electron chi connectivity index (χ0n) is 11.9. The van der Waals surface area contributed by atoms with Gasteiger partial charge in [-0.05, 0) is 30.5 Å². The smallest absolute Gasteiger partial charge is 0.128 e. The molecule has 3 rings (SSSR count). The minimum atomic E-state index is 0.619. The van der Waals surface area contributed by atoms with Crippen LogP contribution >= 0.6 is 23.1 Å². The van der Waals surface area contributed by atoms with Crippen molar-refractivity contribution in [3.05, 3.63) is 41.0 Å². The third-order valence-electron chi connectivity index (χ3n) is 3.45. The molecule has 2 heterocycles. The second-order valence-electron chi connectivity index (χ2n) is 4.80. The van der Waals surface area contributed by atoms with E-state index in [0.717, 1.165) is 15.2 Å². The molecule has 3 aromatic rings. The van der Waals surface area contributed by atoms with Crippen molar-refractivity contribution < 1.29 is 0 Å². The van der Waals surface area contributed by atoms with Crippen molar-refractivity contribution in [1.82, 2.24) is 9.97 Å². The molecule has 0 fully saturated rings. The number of aromatic nitrogens is 2. The molecule has 0 aliphatic heterocycles. The summed E-state index contributed by atoms with van der Waals surface area (Å²) in [6.45, 7) is 4.26. The van der Waals surface area contributed by atoms with Gasteiger partial charge in [0.1, 0.15) is 16.2 Å². The number of rotatable bonds is 3. The molecule has 2 aromatic heterocycles. The summed E-state index contributed by atoms with van der Waals surface area (Å²) in [4.78, 5) is 9.80. The molecule has 0 aliphatic carbocycles. The lowest BCUT2D eigenvalue weighted by molar-refractivity contribution is 1.11. The third kappa shape index (κ3) is 2.67. The van der Waals surface area contributed by atoms with Crippen LogP contribution in [-0.4, -0.2) is 15.7 Å². The van der Waals surface area contributed by atoms with Crippen LogP contribution in [0.4, 0.5) is 0 Å². The van der Waals surface area contributed by atoms with Gasteiger partial charge in [-0.2, -0.15) is 0 Å². The van der Waals surface area contributed by atoms with Crippen molar-refractivity contribution in [3.63, 3.8) is 0 Å². The second kappa shape index (κ2) is 5.88.